The maximum Gasteiger partial charge on any atom is 0.295 e. The van der Waals surface area contributed by atoms with Gasteiger partial charge in [-0.25, -0.2) is 4.98 Å². The number of hydrogen-bond acceptors (Lipinski definition) is 6. The van der Waals surface area contributed by atoms with E-state index in [4.69, 9.17) is 4.74 Å². The van der Waals surface area contributed by atoms with Gasteiger partial charge in [-0.05, 0) is 45.6 Å². The molecular weight excluding hydrogens is 420 g/mol. The highest BCUT2D eigenvalue weighted by atomic mass is 16.5. The van der Waals surface area contributed by atoms with Crippen LogP contribution < -0.4 is 4.74 Å². The largest absolute Gasteiger partial charge is 0.505 e. The normalized spacial score (nSPS) is 18.0. The SMILES string of the molecule is COc1ccccc1C1/C(=C(\O)c2c(C)nc3c(C)cccn23)C(=O)C(=O)N1CCN(C)C. The Balaban J connectivity index is 1.98. The van der Waals surface area contributed by atoms with Crippen molar-refractivity contribution < 1.29 is 19.4 Å². The van der Waals surface area contributed by atoms with Crippen molar-refractivity contribution >= 4 is 23.1 Å². The summed E-state index contributed by atoms with van der Waals surface area (Å²) in [6, 6.07) is 10.3. The molecule has 0 aliphatic carbocycles. The molecule has 3 heterocycles. The molecular formula is C25H28N4O4. The minimum Gasteiger partial charge on any atom is -0.505 e. The van der Waals surface area contributed by atoms with Gasteiger partial charge in [0.05, 0.1) is 24.4 Å². The summed E-state index contributed by atoms with van der Waals surface area (Å²) in [7, 11) is 5.35. The number of rotatable bonds is 6. The van der Waals surface area contributed by atoms with Gasteiger partial charge in [0, 0.05) is 24.8 Å². The number of carbonyl (C=O) groups is 2. The number of likely N-dealkylation sites (N-methyl/N-ethyl adjacent to an activating group) is 1. The van der Waals surface area contributed by atoms with Crippen LogP contribution in [0.1, 0.15) is 28.6 Å². The van der Waals surface area contributed by atoms with Gasteiger partial charge in [-0.1, -0.05) is 24.3 Å². The van der Waals surface area contributed by atoms with Crippen molar-refractivity contribution in [1.82, 2.24) is 19.2 Å². The maximum atomic E-state index is 13.3. The average molecular weight is 449 g/mol. The van der Waals surface area contributed by atoms with E-state index in [-0.39, 0.29) is 11.3 Å². The zero-order chi connectivity index (χ0) is 23.9. The molecule has 0 saturated carbocycles. The topological polar surface area (TPSA) is 87.4 Å². The van der Waals surface area contributed by atoms with E-state index in [9.17, 15) is 14.7 Å². The number of carbonyl (C=O) groups excluding carboxylic acids is 2. The number of likely N-dealkylation sites (tertiary alicyclic amines) is 1. The number of ketones is 1. The summed E-state index contributed by atoms with van der Waals surface area (Å²) in [6.07, 6.45) is 1.79. The highest BCUT2D eigenvalue weighted by Crippen LogP contribution is 2.42. The number of benzene rings is 1. The van der Waals surface area contributed by atoms with E-state index in [1.165, 1.54) is 4.90 Å². The number of hydrogen-bond donors (Lipinski definition) is 1. The predicted octanol–water partition coefficient (Wildman–Crippen LogP) is 2.94. The van der Waals surface area contributed by atoms with Crippen molar-refractivity contribution in [3.05, 3.63) is 70.7 Å². The van der Waals surface area contributed by atoms with Crippen molar-refractivity contribution in [1.29, 1.82) is 0 Å². The Morgan fingerprint density at radius 3 is 2.58 bits per heavy atom. The third-order valence-corrected chi connectivity index (χ3v) is 6.01. The number of pyridine rings is 1. The number of amides is 1. The fraction of sp³-hybridized carbons (Fsp3) is 0.320. The second-order valence-electron chi connectivity index (χ2n) is 8.47. The predicted molar refractivity (Wildman–Crippen MR) is 125 cm³/mol. The van der Waals surface area contributed by atoms with Crippen LogP contribution in [0.2, 0.25) is 0 Å². The molecule has 33 heavy (non-hydrogen) atoms. The standard InChI is InChI=1S/C25H28N4O4/c1-15-9-8-12-28-20(16(2)26-24(15)28)22(30)19-21(17-10-6-7-11-18(17)33-5)29(14-13-27(3)4)25(32)23(19)31/h6-12,21,30H,13-14H2,1-5H3/b22-19+. The number of ether oxygens (including phenoxy) is 1. The fourth-order valence-electron chi connectivity index (χ4n) is 4.36. The van der Waals surface area contributed by atoms with Crippen molar-refractivity contribution in [3.63, 3.8) is 0 Å². The first-order chi connectivity index (χ1) is 15.8. The Bertz CT molecular complexity index is 1270. The molecule has 1 aromatic carbocycles. The zero-order valence-electron chi connectivity index (χ0n) is 19.5. The minimum absolute atomic E-state index is 0.0367. The van der Waals surface area contributed by atoms with E-state index in [1.807, 2.05) is 56.3 Å². The summed E-state index contributed by atoms with van der Waals surface area (Å²) >= 11 is 0. The molecule has 1 amide bonds. The third kappa shape index (κ3) is 3.76. The summed E-state index contributed by atoms with van der Waals surface area (Å²) in [5.74, 6) is -1.07. The van der Waals surface area contributed by atoms with E-state index in [2.05, 4.69) is 4.98 Å². The van der Waals surface area contributed by atoms with Gasteiger partial charge in [0.2, 0.25) is 0 Å². The van der Waals surface area contributed by atoms with Crippen molar-refractivity contribution in [2.75, 3.05) is 34.3 Å². The molecule has 8 heteroatoms. The first kappa shape index (κ1) is 22.5. The lowest BCUT2D eigenvalue weighted by atomic mass is 9.95. The van der Waals surface area contributed by atoms with Crippen LogP contribution in [0, 0.1) is 13.8 Å². The molecule has 1 saturated heterocycles. The number of aliphatic hydroxyl groups is 1. The van der Waals surface area contributed by atoms with Crippen LogP contribution in [0.15, 0.2) is 48.2 Å². The second-order valence-corrected chi connectivity index (χ2v) is 8.47. The molecule has 2 aromatic heterocycles. The summed E-state index contributed by atoms with van der Waals surface area (Å²) in [5.41, 5.74) is 3.27. The molecule has 1 N–H and O–H groups in total. The molecule has 1 aliphatic heterocycles. The zero-order valence-corrected chi connectivity index (χ0v) is 19.5. The van der Waals surface area contributed by atoms with Crippen LogP contribution in [0.5, 0.6) is 5.75 Å². The average Bonchev–Trinajstić information content (AvgIpc) is 3.26. The number of Topliss-reactive ketones (excluding diaryl/α,β-unsaturated/α-hetero) is 1. The monoisotopic (exact) mass is 448 g/mol. The van der Waals surface area contributed by atoms with Crippen molar-refractivity contribution in [2.45, 2.75) is 19.9 Å². The Labute approximate surface area is 192 Å². The lowest BCUT2D eigenvalue weighted by Crippen LogP contribution is -2.35. The summed E-state index contributed by atoms with van der Waals surface area (Å²) in [4.78, 5) is 34.5. The number of nitrogens with zero attached hydrogens (tertiary/aromatic N) is 4. The second kappa shape index (κ2) is 8.71. The number of fused-ring (bicyclic) bond motifs is 1. The third-order valence-electron chi connectivity index (χ3n) is 6.01. The van der Waals surface area contributed by atoms with Crippen molar-refractivity contribution in [2.24, 2.45) is 0 Å². The summed E-state index contributed by atoms with van der Waals surface area (Å²) in [6.45, 7) is 4.59. The van der Waals surface area contributed by atoms with E-state index in [0.29, 0.717) is 41.4 Å². The number of aliphatic hydroxyl groups excluding tert-OH is 1. The highest BCUT2D eigenvalue weighted by molar-refractivity contribution is 6.46. The first-order valence-corrected chi connectivity index (χ1v) is 10.8. The lowest BCUT2D eigenvalue weighted by molar-refractivity contribution is -0.140. The molecule has 0 radical (unpaired) electrons. The smallest absolute Gasteiger partial charge is 0.295 e. The summed E-state index contributed by atoms with van der Waals surface area (Å²) < 4.78 is 7.31. The molecule has 3 aromatic rings. The van der Waals surface area contributed by atoms with Gasteiger partial charge in [-0.15, -0.1) is 0 Å². The Kier molecular flexibility index (Phi) is 5.95. The number of imidazole rings is 1. The molecule has 1 atom stereocenters. The first-order valence-electron chi connectivity index (χ1n) is 10.8. The Morgan fingerprint density at radius 1 is 1.15 bits per heavy atom. The molecule has 8 nitrogen and oxygen atoms in total. The lowest BCUT2D eigenvalue weighted by Gasteiger charge is -2.27. The van der Waals surface area contributed by atoms with Crippen LogP contribution in [-0.2, 0) is 9.59 Å². The molecule has 1 fully saturated rings. The number of aromatic nitrogens is 2. The quantitative estimate of drug-likeness (QED) is 0.354. The van der Waals surface area contributed by atoms with Crippen LogP contribution in [-0.4, -0.2) is 70.3 Å². The maximum absolute atomic E-state index is 13.3. The van der Waals surface area contributed by atoms with Crippen LogP contribution in [0.3, 0.4) is 0 Å². The van der Waals surface area contributed by atoms with Gasteiger partial charge in [-0.2, -0.15) is 0 Å². The Morgan fingerprint density at radius 2 is 1.88 bits per heavy atom. The van der Waals surface area contributed by atoms with Crippen LogP contribution >= 0.6 is 0 Å². The van der Waals surface area contributed by atoms with Gasteiger partial charge >= 0.3 is 0 Å². The molecule has 4 rings (SSSR count). The van der Waals surface area contributed by atoms with E-state index < -0.39 is 17.7 Å². The molecule has 172 valence electrons. The van der Waals surface area contributed by atoms with Gasteiger partial charge in [0.1, 0.15) is 17.1 Å². The minimum atomic E-state index is -0.782. The highest BCUT2D eigenvalue weighted by Gasteiger charge is 2.47. The Hall–Kier alpha value is -3.65. The number of para-hydroxylation sites is 1. The molecule has 0 spiro atoms. The van der Waals surface area contributed by atoms with E-state index >= 15 is 0 Å². The van der Waals surface area contributed by atoms with Crippen LogP contribution in [0.4, 0.5) is 0 Å². The number of aryl methyl sites for hydroxylation is 2. The van der Waals surface area contributed by atoms with Gasteiger partial charge in [0.15, 0.2) is 5.76 Å². The van der Waals surface area contributed by atoms with E-state index in [1.54, 1.807) is 30.7 Å². The van der Waals surface area contributed by atoms with E-state index in [0.717, 1.165) is 5.56 Å². The fourth-order valence-corrected chi connectivity index (χ4v) is 4.36. The summed E-state index contributed by atoms with van der Waals surface area (Å²) in [5, 5.41) is 11.5. The van der Waals surface area contributed by atoms with Gasteiger partial charge in [-0.3, -0.25) is 14.0 Å². The van der Waals surface area contributed by atoms with Gasteiger partial charge in [0.25, 0.3) is 11.7 Å². The number of methoxy groups -OCH3 is 1. The molecule has 1 unspecified atom stereocenters. The van der Waals surface area contributed by atoms with Gasteiger partial charge < -0.3 is 19.6 Å². The molecule has 1 aliphatic rings. The molecule has 0 bridgehead atoms. The van der Waals surface area contributed by atoms with Crippen LogP contribution in [0.25, 0.3) is 11.4 Å². The van der Waals surface area contributed by atoms with Crippen molar-refractivity contribution in [3.8, 4) is 5.75 Å².